The number of hydrogen-bond donors (Lipinski definition) is 1. The van der Waals surface area contributed by atoms with Crippen LogP contribution in [0.25, 0.3) is 0 Å². The van der Waals surface area contributed by atoms with Gasteiger partial charge in [-0.3, -0.25) is 0 Å². The maximum Gasteiger partial charge on any atom is 0.435 e. The van der Waals surface area contributed by atoms with E-state index in [2.05, 4.69) is 5.10 Å². The third-order valence-corrected chi connectivity index (χ3v) is 1.50. The molecule has 0 aliphatic heterocycles. The molecule has 8 heteroatoms. The average molecular weight is 215 g/mol. The molecule has 0 fully saturated rings. The van der Waals surface area contributed by atoms with Crippen LogP contribution in [0.4, 0.5) is 22.0 Å². The Morgan fingerprint density at radius 1 is 1.43 bits per heavy atom. The van der Waals surface area contributed by atoms with Crippen molar-refractivity contribution in [2.75, 3.05) is 0 Å². The van der Waals surface area contributed by atoms with Gasteiger partial charge in [-0.15, -0.1) is 0 Å². The van der Waals surface area contributed by atoms with Crippen molar-refractivity contribution in [2.24, 2.45) is 5.73 Å². The largest absolute Gasteiger partial charge is 0.435 e. The van der Waals surface area contributed by atoms with Gasteiger partial charge in [-0.2, -0.15) is 27.1 Å². The average Bonchev–Trinajstić information content (AvgIpc) is 2.45. The summed E-state index contributed by atoms with van der Waals surface area (Å²) >= 11 is 0. The number of aromatic nitrogens is 2. The van der Waals surface area contributed by atoms with Crippen molar-refractivity contribution in [1.29, 1.82) is 0 Å². The van der Waals surface area contributed by atoms with Crippen LogP contribution in [-0.2, 0) is 12.7 Å². The molecule has 0 saturated heterocycles. The van der Waals surface area contributed by atoms with E-state index in [1.807, 2.05) is 0 Å². The molecule has 3 nitrogen and oxygen atoms in total. The molecule has 0 atom stereocenters. The Bertz CT molecular complexity index is 316. The lowest BCUT2D eigenvalue weighted by atomic mass is 10.3. The second kappa shape index (κ2) is 3.52. The Kier molecular flexibility index (Phi) is 2.74. The predicted octanol–water partition coefficient (Wildman–Crippen LogP) is 1.76. The Balaban J connectivity index is 3.13. The smallest absolute Gasteiger partial charge is 0.325 e. The van der Waals surface area contributed by atoms with Crippen LogP contribution in [0.5, 0.6) is 0 Å². The van der Waals surface area contributed by atoms with Gasteiger partial charge in [-0.1, -0.05) is 0 Å². The van der Waals surface area contributed by atoms with Crippen molar-refractivity contribution in [1.82, 2.24) is 9.78 Å². The van der Waals surface area contributed by atoms with Crippen molar-refractivity contribution >= 4 is 0 Å². The molecule has 0 unspecified atom stereocenters. The van der Waals surface area contributed by atoms with Gasteiger partial charge >= 0.3 is 12.7 Å². The van der Waals surface area contributed by atoms with Gasteiger partial charge in [0, 0.05) is 6.54 Å². The summed E-state index contributed by atoms with van der Waals surface area (Å²) in [7, 11) is 0. The molecule has 1 heterocycles. The standard InChI is InChI=1S/C6H6F5N3/c7-5(8)14-3(2-12)1-4(13-14)6(9,10)11/h1,5H,2,12H2. The summed E-state index contributed by atoms with van der Waals surface area (Å²) < 4.78 is 60.2. The number of alkyl halides is 5. The van der Waals surface area contributed by atoms with Crippen LogP contribution < -0.4 is 5.73 Å². The minimum atomic E-state index is -4.73. The molecule has 2 N–H and O–H groups in total. The van der Waals surface area contributed by atoms with Crippen molar-refractivity contribution in [3.05, 3.63) is 17.5 Å². The normalized spacial score (nSPS) is 12.5. The van der Waals surface area contributed by atoms with Crippen molar-refractivity contribution in [2.45, 2.75) is 19.3 Å². The van der Waals surface area contributed by atoms with E-state index in [1.165, 1.54) is 0 Å². The van der Waals surface area contributed by atoms with E-state index in [-0.39, 0.29) is 10.4 Å². The van der Waals surface area contributed by atoms with E-state index in [1.54, 1.807) is 0 Å². The second-order valence-electron chi connectivity index (χ2n) is 2.45. The first kappa shape index (κ1) is 10.9. The summed E-state index contributed by atoms with van der Waals surface area (Å²) in [5, 5.41) is 2.71. The molecule has 1 aromatic heterocycles. The molecule has 1 rings (SSSR count). The van der Waals surface area contributed by atoms with Crippen LogP contribution >= 0.6 is 0 Å². The van der Waals surface area contributed by atoms with Gasteiger partial charge in [0.15, 0.2) is 5.69 Å². The lowest BCUT2D eigenvalue weighted by molar-refractivity contribution is -0.142. The van der Waals surface area contributed by atoms with Crippen molar-refractivity contribution < 1.29 is 22.0 Å². The van der Waals surface area contributed by atoms with E-state index in [0.29, 0.717) is 6.07 Å². The molecular formula is C6H6F5N3. The summed E-state index contributed by atoms with van der Waals surface area (Å²) in [4.78, 5) is 0. The molecule has 0 aromatic carbocycles. The summed E-state index contributed by atoms with van der Waals surface area (Å²) in [6.07, 6.45) is -4.73. The Labute approximate surface area is 75.3 Å². The number of hydrogen-bond acceptors (Lipinski definition) is 2. The number of nitrogens with zero attached hydrogens (tertiary/aromatic N) is 2. The zero-order chi connectivity index (χ0) is 10.9. The molecule has 0 bridgehead atoms. The third kappa shape index (κ3) is 2.00. The van der Waals surface area contributed by atoms with Crippen LogP contribution in [0, 0.1) is 0 Å². The third-order valence-electron chi connectivity index (χ3n) is 1.50. The Hall–Kier alpha value is -1.18. The maximum absolute atomic E-state index is 12.1. The Morgan fingerprint density at radius 3 is 2.29 bits per heavy atom. The van der Waals surface area contributed by atoms with Crippen LogP contribution in [0.1, 0.15) is 17.9 Å². The van der Waals surface area contributed by atoms with Gasteiger partial charge in [0.2, 0.25) is 0 Å². The highest BCUT2D eigenvalue weighted by atomic mass is 19.4. The molecule has 1 aromatic rings. The molecule has 0 spiro atoms. The van der Waals surface area contributed by atoms with Crippen molar-refractivity contribution in [3.63, 3.8) is 0 Å². The summed E-state index contributed by atoms with van der Waals surface area (Å²) in [5.74, 6) is 0. The fourth-order valence-electron chi connectivity index (χ4n) is 0.893. The minimum absolute atomic E-state index is 0.0389. The van der Waals surface area contributed by atoms with E-state index >= 15 is 0 Å². The molecule has 0 aliphatic rings. The molecule has 14 heavy (non-hydrogen) atoms. The highest BCUT2D eigenvalue weighted by molar-refractivity contribution is 5.13. The predicted molar refractivity (Wildman–Crippen MR) is 36.4 cm³/mol. The summed E-state index contributed by atoms with van der Waals surface area (Å²) in [6.45, 7) is -3.54. The molecule has 0 amide bonds. The topological polar surface area (TPSA) is 43.8 Å². The maximum atomic E-state index is 12.1. The minimum Gasteiger partial charge on any atom is -0.325 e. The van der Waals surface area contributed by atoms with Gasteiger partial charge < -0.3 is 5.73 Å². The van der Waals surface area contributed by atoms with E-state index < -0.39 is 25.0 Å². The SMILES string of the molecule is NCc1cc(C(F)(F)F)nn1C(F)F. The van der Waals surface area contributed by atoms with Crippen molar-refractivity contribution in [3.8, 4) is 0 Å². The highest BCUT2D eigenvalue weighted by Gasteiger charge is 2.35. The molecule has 80 valence electrons. The molecule has 0 radical (unpaired) electrons. The van der Waals surface area contributed by atoms with Crippen LogP contribution in [0.2, 0.25) is 0 Å². The van der Waals surface area contributed by atoms with Gasteiger partial charge in [-0.05, 0) is 6.07 Å². The lowest BCUT2D eigenvalue weighted by Gasteiger charge is -2.02. The van der Waals surface area contributed by atoms with Gasteiger partial charge in [-0.25, -0.2) is 4.68 Å². The van der Waals surface area contributed by atoms with Crippen LogP contribution in [0.15, 0.2) is 6.07 Å². The second-order valence-corrected chi connectivity index (χ2v) is 2.45. The zero-order valence-electron chi connectivity index (χ0n) is 6.72. The quantitative estimate of drug-likeness (QED) is 0.764. The fraction of sp³-hybridized carbons (Fsp3) is 0.500. The van der Waals surface area contributed by atoms with Crippen LogP contribution in [0.3, 0.4) is 0 Å². The zero-order valence-corrected chi connectivity index (χ0v) is 6.72. The van der Waals surface area contributed by atoms with E-state index in [4.69, 9.17) is 5.73 Å². The molecule has 0 aliphatic carbocycles. The first-order valence-corrected chi connectivity index (χ1v) is 3.50. The number of nitrogens with two attached hydrogens (primary N) is 1. The molecule has 0 saturated carbocycles. The first-order valence-electron chi connectivity index (χ1n) is 3.50. The summed E-state index contributed by atoms with van der Waals surface area (Å²) in [5.41, 5.74) is 3.27. The monoisotopic (exact) mass is 215 g/mol. The lowest BCUT2D eigenvalue weighted by Crippen LogP contribution is -2.10. The highest BCUT2D eigenvalue weighted by Crippen LogP contribution is 2.29. The number of halogens is 5. The van der Waals surface area contributed by atoms with E-state index in [0.717, 1.165) is 0 Å². The van der Waals surface area contributed by atoms with Crippen LogP contribution in [-0.4, -0.2) is 9.78 Å². The fourth-order valence-corrected chi connectivity index (χ4v) is 0.893. The van der Waals surface area contributed by atoms with Gasteiger partial charge in [0.25, 0.3) is 0 Å². The first-order chi connectivity index (χ1) is 6.36. The number of rotatable bonds is 2. The molecular weight excluding hydrogens is 209 g/mol. The summed E-state index contributed by atoms with van der Waals surface area (Å²) in [6, 6.07) is 0.506. The van der Waals surface area contributed by atoms with Gasteiger partial charge in [0.05, 0.1) is 5.69 Å². The van der Waals surface area contributed by atoms with E-state index in [9.17, 15) is 22.0 Å². The Morgan fingerprint density at radius 2 is 2.00 bits per heavy atom. The van der Waals surface area contributed by atoms with Gasteiger partial charge in [0.1, 0.15) is 0 Å².